The van der Waals surface area contributed by atoms with E-state index in [1.54, 1.807) is 6.07 Å². The van der Waals surface area contributed by atoms with Gasteiger partial charge in [-0.2, -0.15) is 0 Å². The van der Waals surface area contributed by atoms with Crippen LogP contribution in [0, 0.1) is 5.82 Å². The third-order valence-corrected chi connectivity index (χ3v) is 4.58. The molecule has 0 N–H and O–H groups in total. The second-order valence-electron chi connectivity index (χ2n) is 4.29. The lowest BCUT2D eigenvalue weighted by atomic mass is 9.93. The molecule has 0 heterocycles. The van der Waals surface area contributed by atoms with Crippen molar-refractivity contribution in [3.05, 3.63) is 69.5 Å². The van der Waals surface area contributed by atoms with Crippen LogP contribution < -0.4 is 0 Å². The Morgan fingerprint density at radius 3 is 2.47 bits per heavy atom. The van der Waals surface area contributed by atoms with Gasteiger partial charge in [-0.25, -0.2) is 4.39 Å². The predicted molar refractivity (Wildman–Crippen MR) is 83.1 cm³/mol. The highest BCUT2D eigenvalue weighted by atomic mass is 79.9. The van der Waals surface area contributed by atoms with E-state index < -0.39 is 0 Å². The van der Waals surface area contributed by atoms with Crippen molar-refractivity contribution in [2.45, 2.75) is 12.3 Å². The first kappa shape index (κ1) is 14.8. The number of benzene rings is 2. The quantitative estimate of drug-likeness (QED) is 0.599. The molecular formula is C15H12BrCl2F. The molecule has 0 fully saturated rings. The summed E-state index contributed by atoms with van der Waals surface area (Å²) in [5, 5.41) is 1.66. The van der Waals surface area contributed by atoms with Gasteiger partial charge < -0.3 is 0 Å². The third kappa shape index (κ3) is 3.50. The smallest absolute Gasteiger partial charge is 0.142 e. The molecule has 0 aromatic heterocycles. The van der Waals surface area contributed by atoms with Crippen LogP contribution in [0.3, 0.4) is 0 Å². The van der Waals surface area contributed by atoms with Crippen LogP contribution in [-0.2, 0) is 6.42 Å². The van der Waals surface area contributed by atoms with Crippen molar-refractivity contribution in [1.29, 1.82) is 0 Å². The molecule has 0 aliphatic rings. The molecule has 19 heavy (non-hydrogen) atoms. The predicted octanol–water partition coefficient (Wildman–Crippen LogP) is 5.85. The summed E-state index contributed by atoms with van der Waals surface area (Å²) in [6, 6.07) is 12.6. The molecule has 0 saturated carbocycles. The van der Waals surface area contributed by atoms with E-state index in [4.69, 9.17) is 23.2 Å². The lowest BCUT2D eigenvalue weighted by Gasteiger charge is -2.17. The highest BCUT2D eigenvalue weighted by molar-refractivity contribution is 9.09. The summed E-state index contributed by atoms with van der Waals surface area (Å²) in [7, 11) is 0. The zero-order chi connectivity index (χ0) is 13.8. The Kier molecular flexibility index (Phi) is 5.26. The first-order valence-electron chi connectivity index (χ1n) is 5.86. The Labute approximate surface area is 130 Å². The van der Waals surface area contributed by atoms with E-state index in [-0.39, 0.29) is 16.8 Å². The Balaban J connectivity index is 2.30. The third-order valence-electron chi connectivity index (χ3n) is 3.03. The monoisotopic (exact) mass is 360 g/mol. The van der Waals surface area contributed by atoms with E-state index >= 15 is 0 Å². The van der Waals surface area contributed by atoms with E-state index in [0.717, 1.165) is 21.5 Å². The van der Waals surface area contributed by atoms with Gasteiger partial charge in [0.15, 0.2) is 0 Å². The maximum Gasteiger partial charge on any atom is 0.142 e. The second kappa shape index (κ2) is 6.74. The zero-order valence-corrected chi connectivity index (χ0v) is 13.1. The number of hydrogen-bond donors (Lipinski definition) is 0. The van der Waals surface area contributed by atoms with Crippen molar-refractivity contribution in [3.63, 3.8) is 0 Å². The van der Waals surface area contributed by atoms with Gasteiger partial charge in [0.05, 0.1) is 5.02 Å². The Bertz CT molecular complexity index is 572. The molecule has 0 aliphatic heterocycles. The normalized spacial score (nSPS) is 12.4. The van der Waals surface area contributed by atoms with Gasteiger partial charge in [0.1, 0.15) is 5.82 Å². The summed E-state index contributed by atoms with van der Waals surface area (Å²) in [5.74, 6) is -0.223. The fraction of sp³-hybridized carbons (Fsp3) is 0.200. The van der Waals surface area contributed by atoms with Crippen molar-refractivity contribution < 1.29 is 4.39 Å². The SMILES string of the molecule is Fc1cccc(CC(CBr)c2ccccc2Cl)c1Cl. The molecule has 1 atom stereocenters. The summed E-state index contributed by atoms with van der Waals surface area (Å²) < 4.78 is 13.4. The molecule has 100 valence electrons. The number of alkyl halides is 1. The second-order valence-corrected chi connectivity index (χ2v) is 5.72. The number of rotatable bonds is 4. The van der Waals surface area contributed by atoms with Crippen LogP contribution in [0.15, 0.2) is 42.5 Å². The molecule has 0 saturated heterocycles. The van der Waals surface area contributed by atoms with Crippen LogP contribution in [0.25, 0.3) is 0 Å². The summed E-state index contributed by atoms with van der Waals surface area (Å²) in [6.45, 7) is 0. The average Bonchev–Trinajstić information content (AvgIpc) is 2.41. The van der Waals surface area contributed by atoms with E-state index in [2.05, 4.69) is 15.9 Å². The molecule has 4 heteroatoms. The van der Waals surface area contributed by atoms with E-state index in [1.165, 1.54) is 6.07 Å². The van der Waals surface area contributed by atoms with Crippen LogP contribution in [-0.4, -0.2) is 5.33 Å². The van der Waals surface area contributed by atoms with Crippen molar-refractivity contribution in [3.8, 4) is 0 Å². The van der Waals surface area contributed by atoms with E-state index in [9.17, 15) is 4.39 Å². The van der Waals surface area contributed by atoms with Crippen molar-refractivity contribution in [1.82, 2.24) is 0 Å². The van der Waals surface area contributed by atoms with Crippen molar-refractivity contribution in [2.24, 2.45) is 0 Å². The largest absolute Gasteiger partial charge is 0.205 e. The minimum atomic E-state index is -0.383. The summed E-state index contributed by atoms with van der Waals surface area (Å²) in [5.41, 5.74) is 1.84. The van der Waals surface area contributed by atoms with E-state index in [0.29, 0.717) is 6.42 Å². The molecule has 0 spiro atoms. The molecule has 0 bridgehead atoms. The molecule has 2 aromatic carbocycles. The highest BCUT2D eigenvalue weighted by Crippen LogP contribution is 2.31. The molecule has 0 amide bonds. The van der Waals surface area contributed by atoms with Crippen LogP contribution in [0.2, 0.25) is 10.0 Å². The first-order valence-corrected chi connectivity index (χ1v) is 7.74. The fourth-order valence-electron chi connectivity index (χ4n) is 2.03. The van der Waals surface area contributed by atoms with Crippen molar-refractivity contribution in [2.75, 3.05) is 5.33 Å². The average molecular weight is 362 g/mol. The Morgan fingerprint density at radius 1 is 1.05 bits per heavy atom. The lowest BCUT2D eigenvalue weighted by molar-refractivity contribution is 0.624. The molecule has 1 unspecified atom stereocenters. The zero-order valence-electron chi connectivity index (χ0n) is 10.0. The van der Waals surface area contributed by atoms with Crippen LogP contribution in [0.1, 0.15) is 17.0 Å². The minimum Gasteiger partial charge on any atom is -0.205 e. The topological polar surface area (TPSA) is 0 Å². The van der Waals surface area contributed by atoms with Crippen molar-refractivity contribution >= 4 is 39.1 Å². The Hall–Kier alpha value is -0.570. The molecule has 2 rings (SSSR count). The maximum atomic E-state index is 13.4. The minimum absolute atomic E-state index is 0.160. The first-order chi connectivity index (χ1) is 9.13. The maximum absolute atomic E-state index is 13.4. The summed E-state index contributed by atoms with van der Waals surface area (Å²) in [4.78, 5) is 0. The Morgan fingerprint density at radius 2 is 1.79 bits per heavy atom. The standard InChI is InChI=1S/C15H12BrCl2F/c16-9-11(12-5-1-2-6-13(12)17)8-10-4-3-7-14(19)15(10)18/h1-7,11H,8-9H2. The fourth-order valence-corrected chi connectivity index (χ4v) is 3.10. The molecule has 0 nitrogen and oxygen atoms in total. The number of halogens is 4. The van der Waals surface area contributed by atoms with Crippen LogP contribution in [0.4, 0.5) is 4.39 Å². The van der Waals surface area contributed by atoms with Crippen LogP contribution in [0.5, 0.6) is 0 Å². The van der Waals surface area contributed by atoms with Gasteiger partial charge in [0.25, 0.3) is 0 Å². The highest BCUT2D eigenvalue weighted by Gasteiger charge is 2.16. The molecule has 2 aromatic rings. The van der Waals surface area contributed by atoms with Gasteiger partial charge in [-0.15, -0.1) is 0 Å². The van der Waals surface area contributed by atoms with Gasteiger partial charge in [-0.05, 0) is 35.6 Å². The van der Waals surface area contributed by atoms with Gasteiger partial charge in [0, 0.05) is 10.4 Å². The van der Waals surface area contributed by atoms with Crippen LogP contribution >= 0.6 is 39.1 Å². The van der Waals surface area contributed by atoms with E-state index in [1.807, 2.05) is 30.3 Å². The lowest BCUT2D eigenvalue weighted by Crippen LogP contribution is -2.06. The number of hydrogen-bond acceptors (Lipinski definition) is 0. The van der Waals surface area contributed by atoms with Gasteiger partial charge >= 0.3 is 0 Å². The summed E-state index contributed by atoms with van der Waals surface area (Å²) >= 11 is 15.7. The van der Waals surface area contributed by atoms with Gasteiger partial charge in [-0.3, -0.25) is 0 Å². The van der Waals surface area contributed by atoms with Gasteiger partial charge in [-0.1, -0.05) is 69.5 Å². The molecule has 0 aliphatic carbocycles. The molecule has 0 radical (unpaired) electrons. The summed E-state index contributed by atoms with van der Waals surface area (Å²) in [6.07, 6.45) is 0.644. The van der Waals surface area contributed by atoms with Gasteiger partial charge in [0.2, 0.25) is 0 Å². The molecular weight excluding hydrogens is 350 g/mol.